The quantitative estimate of drug-likeness (QED) is 0.587. The fourth-order valence-corrected chi connectivity index (χ4v) is 4.84. The van der Waals surface area contributed by atoms with Crippen LogP contribution in [0.1, 0.15) is 39.7 Å². The number of fused-ring (bicyclic) bond motifs is 2. The van der Waals surface area contributed by atoms with Gasteiger partial charge in [-0.05, 0) is 37.2 Å². The summed E-state index contributed by atoms with van der Waals surface area (Å²) in [6.07, 6.45) is 4.69. The predicted molar refractivity (Wildman–Crippen MR) is 99.1 cm³/mol. The molecule has 2 aliphatic rings. The van der Waals surface area contributed by atoms with E-state index in [1.165, 1.54) is 18.1 Å². The molecule has 1 aromatic carbocycles. The summed E-state index contributed by atoms with van der Waals surface area (Å²) < 4.78 is 11.8. The van der Waals surface area contributed by atoms with Gasteiger partial charge in [0, 0.05) is 18.3 Å². The average molecular weight is 342 g/mol. The molecule has 3 unspecified atom stereocenters. The number of allylic oxidation sites excluding steroid dienone is 1. The van der Waals surface area contributed by atoms with Crippen LogP contribution in [0.4, 0.5) is 0 Å². The lowest BCUT2D eigenvalue weighted by Crippen LogP contribution is -2.56. The van der Waals surface area contributed by atoms with Gasteiger partial charge >= 0.3 is 5.97 Å². The van der Waals surface area contributed by atoms with E-state index in [4.69, 9.17) is 9.47 Å². The molecule has 1 heterocycles. The molecule has 0 radical (unpaired) electrons. The molecule has 0 N–H and O–H groups in total. The van der Waals surface area contributed by atoms with E-state index in [1.807, 2.05) is 0 Å². The van der Waals surface area contributed by atoms with E-state index < -0.39 is 0 Å². The Morgan fingerprint density at radius 2 is 2.00 bits per heavy atom. The second-order valence-electron chi connectivity index (χ2n) is 7.90. The summed E-state index contributed by atoms with van der Waals surface area (Å²) in [6, 6.07) is 10.6. The Balaban J connectivity index is 1.76. The number of carbonyl (C=O) groups is 1. The molecule has 3 heteroatoms. The maximum absolute atomic E-state index is 11.4. The lowest BCUT2D eigenvalue weighted by molar-refractivity contribution is -0.179. The Hall–Kier alpha value is -1.61. The van der Waals surface area contributed by atoms with Gasteiger partial charge in [-0.25, -0.2) is 0 Å². The van der Waals surface area contributed by atoms with Gasteiger partial charge in [0.05, 0.1) is 19.3 Å². The molecule has 3 nitrogen and oxygen atoms in total. The number of benzene rings is 1. The fourth-order valence-electron chi connectivity index (χ4n) is 4.84. The van der Waals surface area contributed by atoms with Crippen molar-refractivity contribution in [3.8, 4) is 0 Å². The Morgan fingerprint density at radius 1 is 1.28 bits per heavy atom. The Labute approximate surface area is 151 Å². The second-order valence-corrected chi connectivity index (χ2v) is 7.90. The summed E-state index contributed by atoms with van der Waals surface area (Å²) in [7, 11) is 0. The summed E-state index contributed by atoms with van der Waals surface area (Å²) in [4.78, 5) is 11.4. The molecule has 1 saturated heterocycles. The lowest BCUT2D eigenvalue weighted by atomic mass is 9.56. The second kappa shape index (κ2) is 7.33. The molecule has 0 saturated carbocycles. The number of aryl methyl sites for hydroxylation is 1. The number of esters is 1. The van der Waals surface area contributed by atoms with Crippen LogP contribution in [0.2, 0.25) is 0 Å². The molecule has 1 aromatic rings. The van der Waals surface area contributed by atoms with Crippen molar-refractivity contribution < 1.29 is 14.3 Å². The van der Waals surface area contributed by atoms with E-state index in [1.54, 1.807) is 0 Å². The van der Waals surface area contributed by atoms with Gasteiger partial charge in [0.1, 0.15) is 0 Å². The number of hydrogen-bond donors (Lipinski definition) is 0. The van der Waals surface area contributed by atoms with Crippen LogP contribution in [-0.4, -0.2) is 25.3 Å². The number of hydrogen-bond acceptors (Lipinski definition) is 3. The highest BCUT2D eigenvalue weighted by molar-refractivity contribution is 5.65. The maximum atomic E-state index is 11.4. The van der Waals surface area contributed by atoms with E-state index in [0.717, 1.165) is 12.8 Å². The summed E-state index contributed by atoms with van der Waals surface area (Å²) in [5, 5.41) is 0. The summed E-state index contributed by atoms with van der Waals surface area (Å²) in [5.41, 5.74) is 2.69. The first-order valence-corrected chi connectivity index (χ1v) is 9.41. The first kappa shape index (κ1) is 18.2. The number of carbonyl (C=O) groups excluding carboxylic acids is 1. The smallest absolute Gasteiger partial charge is 0.302 e. The minimum absolute atomic E-state index is 0.0981. The molecule has 0 spiro atoms. The third kappa shape index (κ3) is 3.52. The van der Waals surface area contributed by atoms with Crippen molar-refractivity contribution in [1.82, 2.24) is 0 Å². The first-order chi connectivity index (χ1) is 11.9. The number of ether oxygens (including phenoxy) is 2. The van der Waals surface area contributed by atoms with Gasteiger partial charge in [0.2, 0.25) is 0 Å². The molecule has 3 rings (SSSR count). The highest BCUT2D eigenvalue weighted by Gasteiger charge is 2.53. The van der Waals surface area contributed by atoms with Gasteiger partial charge < -0.3 is 9.47 Å². The molecular weight excluding hydrogens is 312 g/mol. The van der Waals surface area contributed by atoms with E-state index in [2.05, 4.69) is 57.2 Å². The average Bonchev–Trinajstić information content (AvgIpc) is 2.58. The van der Waals surface area contributed by atoms with Crippen molar-refractivity contribution in [2.75, 3.05) is 13.2 Å². The van der Waals surface area contributed by atoms with Crippen molar-refractivity contribution in [3.05, 3.63) is 47.5 Å². The van der Waals surface area contributed by atoms with Crippen molar-refractivity contribution in [2.24, 2.45) is 23.2 Å². The molecule has 136 valence electrons. The van der Waals surface area contributed by atoms with Crippen molar-refractivity contribution in [1.29, 1.82) is 0 Å². The zero-order chi connectivity index (χ0) is 18.0. The molecule has 1 fully saturated rings. The molecule has 5 atom stereocenters. The fraction of sp³-hybridized carbons (Fsp3) is 0.591. The van der Waals surface area contributed by atoms with Gasteiger partial charge in [0.15, 0.2) is 0 Å². The molecule has 0 aromatic heterocycles. The third-order valence-corrected chi connectivity index (χ3v) is 6.46. The summed E-state index contributed by atoms with van der Waals surface area (Å²) >= 11 is 0. The zero-order valence-electron chi connectivity index (χ0n) is 15.8. The monoisotopic (exact) mass is 342 g/mol. The van der Waals surface area contributed by atoms with Gasteiger partial charge in [-0.2, -0.15) is 0 Å². The van der Waals surface area contributed by atoms with Gasteiger partial charge in [0.25, 0.3) is 0 Å². The minimum atomic E-state index is -0.206. The van der Waals surface area contributed by atoms with Crippen molar-refractivity contribution in [3.63, 3.8) is 0 Å². The SMILES string of the molecule is CC(=O)OC[C@]12COC(CCc3ccccc3)C(C(C)=CC1C)[C@@H]2C. The normalized spacial score (nSPS) is 34.3. The Morgan fingerprint density at radius 3 is 2.68 bits per heavy atom. The third-order valence-electron chi connectivity index (χ3n) is 6.46. The van der Waals surface area contributed by atoms with Crippen LogP contribution in [0.3, 0.4) is 0 Å². The topological polar surface area (TPSA) is 35.5 Å². The predicted octanol–water partition coefficient (Wildman–Crippen LogP) is 4.42. The van der Waals surface area contributed by atoms with Crippen LogP contribution >= 0.6 is 0 Å². The molecular formula is C22H30O3. The van der Waals surface area contributed by atoms with E-state index in [0.29, 0.717) is 31.0 Å². The van der Waals surface area contributed by atoms with Crippen LogP contribution in [0, 0.1) is 23.2 Å². The molecule has 1 aliphatic heterocycles. The number of rotatable bonds is 5. The Bertz CT molecular complexity index is 636. The van der Waals surface area contributed by atoms with Crippen molar-refractivity contribution in [2.45, 2.75) is 46.6 Å². The molecule has 2 bridgehead atoms. The van der Waals surface area contributed by atoms with E-state index in [-0.39, 0.29) is 17.5 Å². The van der Waals surface area contributed by atoms with Crippen LogP contribution < -0.4 is 0 Å². The van der Waals surface area contributed by atoms with E-state index >= 15 is 0 Å². The Kier molecular flexibility index (Phi) is 5.33. The maximum Gasteiger partial charge on any atom is 0.302 e. The largest absolute Gasteiger partial charge is 0.465 e. The van der Waals surface area contributed by atoms with Crippen LogP contribution in [0.15, 0.2) is 42.0 Å². The summed E-state index contributed by atoms with van der Waals surface area (Å²) in [5.74, 6) is 1.00. The van der Waals surface area contributed by atoms with Gasteiger partial charge in [-0.15, -0.1) is 0 Å². The van der Waals surface area contributed by atoms with Gasteiger partial charge in [-0.3, -0.25) is 4.79 Å². The summed E-state index contributed by atoms with van der Waals surface area (Å²) in [6.45, 7) is 9.39. The molecule has 1 aliphatic carbocycles. The lowest BCUT2D eigenvalue weighted by Gasteiger charge is -2.55. The first-order valence-electron chi connectivity index (χ1n) is 9.41. The standard InChI is InChI=1S/C22H30O3/c1-15-12-16(2)22(13-24-18(4)23)14-25-20(21(15)17(22)3)11-10-19-8-6-5-7-9-19/h5-9,12,16-17,20-21H,10-11,13-14H2,1-4H3/t16?,17-,20?,21?,22-/m0/s1. The zero-order valence-corrected chi connectivity index (χ0v) is 15.8. The van der Waals surface area contributed by atoms with Crippen LogP contribution in [0.5, 0.6) is 0 Å². The molecule has 25 heavy (non-hydrogen) atoms. The van der Waals surface area contributed by atoms with Crippen molar-refractivity contribution >= 4 is 5.97 Å². The van der Waals surface area contributed by atoms with Crippen LogP contribution in [-0.2, 0) is 20.7 Å². The minimum Gasteiger partial charge on any atom is -0.465 e. The van der Waals surface area contributed by atoms with Crippen LogP contribution in [0.25, 0.3) is 0 Å². The highest BCUT2D eigenvalue weighted by atomic mass is 16.5. The highest BCUT2D eigenvalue weighted by Crippen LogP contribution is 2.53. The van der Waals surface area contributed by atoms with E-state index in [9.17, 15) is 4.79 Å². The van der Waals surface area contributed by atoms with Gasteiger partial charge in [-0.1, -0.05) is 55.8 Å². The molecule has 0 amide bonds.